The molecule has 0 aromatic carbocycles. The predicted molar refractivity (Wildman–Crippen MR) is 112 cm³/mol. The van der Waals surface area contributed by atoms with Crippen molar-refractivity contribution in [3.63, 3.8) is 0 Å². The Morgan fingerprint density at radius 1 is 0.929 bits per heavy atom. The highest BCUT2D eigenvalue weighted by atomic mass is 16.2. The lowest BCUT2D eigenvalue weighted by Crippen LogP contribution is -2.57. The third kappa shape index (κ3) is 5.26. The number of nitrogens with zero attached hydrogens (tertiary/aromatic N) is 4. The number of rotatable bonds is 4. The van der Waals surface area contributed by atoms with E-state index in [1.807, 2.05) is 0 Å². The van der Waals surface area contributed by atoms with Crippen molar-refractivity contribution in [3.05, 3.63) is 0 Å². The zero-order valence-electron chi connectivity index (χ0n) is 18.4. The van der Waals surface area contributed by atoms with Gasteiger partial charge in [-0.05, 0) is 51.4 Å². The van der Waals surface area contributed by atoms with Gasteiger partial charge in [-0.3, -0.25) is 19.4 Å². The second kappa shape index (κ2) is 9.57. The van der Waals surface area contributed by atoms with Crippen LogP contribution in [0.5, 0.6) is 0 Å². The van der Waals surface area contributed by atoms with Gasteiger partial charge in [0.25, 0.3) is 0 Å². The Bertz CT molecular complexity index is 537. The maximum absolute atomic E-state index is 13.0. The van der Waals surface area contributed by atoms with E-state index in [1.165, 1.54) is 12.8 Å². The first kappa shape index (κ1) is 21.6. The van der Waals surface area contributed by atoms with E-state index < -0.39 is 0 Å². The van der Waals surface area contributed by atoms with E-state index in [-0.39, 0.29) is 17.9 Å². The first-order valence-electron chi connectivity index (χ1n) is 11.4. The fourth-order valence-corrected chi connectivity index (χ4v) is 5.32. The van der Waals surface area contributed by atoms with Crippen molar-refractivity contribution in [2.45, 2.75) is 65.5 Å². The fraction of sp³-hybridized carbons (Fsp3) is 0.909. The summed E-state index contributed by atoms with van der Waals surface area (Å²) in [5, 5.41) is 0. The lowest BCUT2D eigenvalue weighted by atomic mass is 9.91. The molecule has 0 aromatic rings. The Morgan fingerprint density at radius 3 is 2.18 bits per heavy atom. The second-order valence-electron chi connectivity index (χ2n) is 9.61. The van der Waals surface area contributed by atoms with Crippen LogP contribution in [0.25, 0.3) is 0 Å². The second-order valence-corrected chi connectivity index (χ2v) is 9.61. The molecular weight excluding hydrogens is 352 g/mol. The van der Waals surface area contributed by atoms with Crippen LogP contribution in [-0.4, -0.2) is 95.9 Å². The molecule has 3 rings (SSSR count). The summed E-state index contributed by atoms with van der Waals surface area (Å²) in [6, 6.07) is 0.326. The van der Waals surface area contributed by atoms with Crippen LogP contribution in [-0.2, 0) is 9.59 Å². The summed E-state index contributed by atoms with van der Waals surface area (Å²) in [5.41, 5.74) is 0. The van der Waals surface area contributed by atoms with E-state index in [2.05, 4.69) is 47.3 Å². The standard InChI is InChI=1S/C22H40N4O2/c1-17-13-18(2)15-25(14-17)22(28)20(4)24-11-9-23(10-12-24)16-21(27)26-8-6-5-7-19(26)3/h17-20H,5-16H2,1-4H3. The van der Waals surface area contributed by atoms with Gasteiger partial charge in [0.1, 0.15) is 0 Å². The van der Waals surface area contributed by atoms with Crippen LogP contribution in [0, 0.1) is 11.8 Å². The van der Waals surface area contributed by atoms with Crippen LogP contribution in [0.1, 0.15) is 53.4 Å². The molecule has 6 heteroatoms. The van der Waals surface area contributed by atoms with Crippen molar-refractivity contribution in [3.8, 4) is 0 Å². The van der Waals surface area contributed by atoms with Gasteiger partial charge in [0, 0.05) is 51.9 Å². The molecule has 0 aliphatic carbocycles. The summed E-state index contributed by atoms with van der Waals surface area (Å²) < 4.78 is 0. The van der Waals surface area contributed by atoms with Gasteiger partial charge in [-0.2, -0.15) is 0 Å². The van der Waals surface area contributed by atoms with Crippen molar-refractivity contribution in [2.75, 3.05) is 52.4 Å². The van der Waals surface area contributed by atoms with Crippen molar-refractivity contribution in [1.82, 2.24) is 19.6 Å². The minimum Gasteiger partial charge on any atom is -0.341 e. The van der Waals surface area contributed by atoms with Crippen LogP contribution in [0.4, 0.5) is 0 Å². The Labute approximate surface area is 171 Å². The summed E-state index contributed by atoms with van der Waals surface area (Å²) in [5.74, 6) is 1.76. The largest absolute Gasteiger partial charge is 0.341 e. The zero-order chi connectivity index (χ0) is 20.3. The highest BCUT2D eigenvalue weighted by molar-refractivity contribution is 5.81. The molecule has 0 saturated carbocycles. The average Bonchev–Trinajstić information content (AvgIpc) is 2.67. The minimum atomic E-state index is -0.0579. The van der Waals surface area contributed by atoms with E-state index in [0.29, 0.717) is 24.4 Å². The molecule has 28 heavy (non-hydrogen) atoms. The van der Waals surface area contributed by atoms with Gasteiger partial charge in [0.05, 0.1) is 12.6 Å². The van der Waals surface area contributed by atoms with Crippen molar-refractivity contribution in [2.24, 2.45) is 11.8 Å². The van der Waals surface area contributed by atoms with Gasteiger partial charge in [-0.1, -0.05) is 13.8 Å². The summed E-state index contributed by atoms with van der Waals surface area (Å²) in [6.07, 6.45) is 4.73. The maximum atomic E-state index is 13.0. The van der Waals surface area contributed by atoms with Crippen LogP contribution < -0.4 is 0 Å². The monoisotopic (exact) mass is 392 g/mol. The highest BCUT2D eigenvalue weighted by Crippen LogP contribution is 2.22. The molecule has 0 N–H and O–H groups in total. The average molecular weight is 393 g/mol. The molecule has 2 amide bonds. The summed E-state index contributed by atoms with van der Waals surface area (Å²) in [7, 11) is 0. The molecule has 3 aliphatic rings. The number of hydrogen-bond acceptors (Lipinski definition) is 4. The summed E-state index contributed by atoms with van der Waals surface area (Å²) in [6.45, 7) is 15.5. The van der Waals surface area contributed by atoms with E-state index in [0.717, 1.165) is 58.7 Å². The zero-order valence-corrected chi connectivity index (χ0v) is 18.4. The smallest absolute Gasteiger partial charge is 0.239 e. The van der Waals surface area contributed by atoms with Gasteiger partial charge < -0.3 is 9.80 Å². The third-order valence-corrected chi connectivity index (χ3v) is 6.97. The first-order chi connectivity index (χ1) is 13.3. The van der Waals surface area contributed by atoms with E-state index in [1.54, 1.807) is 0 Å². The summed E-state index contributed by atoms with van der Waals surface area (Å²) in [4.78, 5) is 34.4. The number of carbonyl (C=O) groups excluding carboxylic acids is 2. The Balaban J connectivity index is 1.45. The van der Waals surface area contributed by atoms with E-state index in [9.17, 15) is 9.59 Å². The van der Waals surface area contributed by atoms with Crippen LogP contribution >= 0.6 is 0 Å². The normalized spacial score (nSPS) is 31.6. The molecular formula is C22H40N4O2. The van der Waals surface area contributed by atoms with Gasteiger partial charge in [-0.15, -0.1) is 0 Å². The number of piperidine rings is 2. The lowest BCUT2D eigenvalue weighted by molar-refractivity contribution is -0.141. The SMILES string of the molecule is CC1CC(C)CN(C(=O)C(C)N2CCN(CC(=O)N3CCCCC3C)CC2)C1. The van der Waals surface area contributed by atoms with Gasteiger partial charge >= 0.3 is 0 Å². The summed E-state index contributed by atoms with van der Waals surface area (Å²) >= 11 is 0. The minimum absolute atomic E-state index is 0.0579. The van der Waals surface area contributed by atoms with E-state index in [4.69, 9.17) is 0 Å². The predicted octanol–water partition coefficient (Wildman–Crippen LogP) is 1.90. The fourth-order valence-electron chi connectivity index (χ4n) is 5.32. The molecule has 4 unspecified atom stereocenters. The molecule has 0 aromatic heterocycles. The number of piperazine rings is 1. The number of amides is 2. The van der Waals surface area contributed by atoms with Crippen LogP contribution in [0.3, 0.4) is 0 Å². The Kier molecular flexibility index (Phi) is 7.37. The first-order valence-corrected chi connectivity index (χ1v) is 11.4. The highest BCUT2D eigenvalue weighted by Gasteiger charge is 2.33. The molecule has 3 heterocycles. The maximum Gasteiger partial charge on any atom is 0.239 e. The van der Waals surface area contributed by atoms with Crippen molar-refractivity contribution < 1.29 is 9.59 Å². The van der Waals surface area contributed by atoms with E-state index >= 15 is 0 Å². The van der Waals surface area contributed by atoms with Crippen molar-refractivity contribution >= 4 is 11.8 Å². The molecule has 0 bridgehead atoms. The number of likely N-dealkylation sites (tertiary alicyclic amines) is 2. The van der Waals surface area contributed by atoms with Crippen LogP contribution in [0.2, 0.25) is 0 Å². The van der Waals surface area contributed by atoms with Crippen LogP contribution in [0.15, 0.2) is 0 Å². The topological polar surface area (TPSA) is 47.1 Å². The van der Waals surface area contributed by atoms with Gasteiger partial charge in [0.15, 0.2) is 0 Å². The molecule has 0 spiro atoms. The molecule has 0 radical (unpaired) electrons. The van der Waals surface area contributed by atoms with Crippen molar-refractivity contribution in [1.29, 1.82) is 0 Å². The van der Waals surface area contributed by atoms with Gasteiger partial charge in [0.2, 0.25) is 11.8 Å². The molecule has 4 atom stereocenters. The quantitative estimate of drug-likeness (QED) is 0.733. The molecule has 160 valence electrons. The number of hydrogen-bond donors (Lipinski definition) is 0. The Hall–Kier alpha value is -1.14. The molecule has 3 aliphatic heterocycles. The Morgan fingerprint density at radius 2 is 1.57 bits per heavy atom. The van der Waals surface area contributed by atoms with Gasteiger partial charge in [-0.25, -0.2) is 0 Å². The molecule has 3 saturated heterocycles. The molecule has 6 nitrogen and oxygen atoms in total. The molecule has 3 fully saturated rings. The number of carbonyl (C=O) groups is 2. The third-order valence-electron chi connectivity index (χ3n) is 6.97. The lowest BCUT2D eigenvalue weighted by Gasteiger charge is -2.42.